The number of nitrogens with one attached hydrogen (secondary N) is 1. The quantitative estimate of drug-likeness (QED) is 0.571. The second-order valence-electron chi connectivity index (χ2n) is 4.49. The average molecular weight is 256 g/mol. The van der Waals surface area contributed by atoms with Crippen molar-refractivity contribution in [2.45, 2.75) is 13.8 Å². The third-order valence-corrected chi connectivity index (χ3v) is 3.00. The molecule has 0 radical (unpaired) electrons. The minimum Gasteiger partial charge on any atom is -0.508 e. The van der Waals surface area contributed by atoms with Gasteiger partial charge in [0, 0.05) is 11.4 Å². The monoisotopic (exact) mass is 256 g/mol. The lowest BCUT2D eigenvalue weighted by Gasteiger charge is -2.11. The van der Waals surface area contributed by atoms with Gasteiger partial charge in [0.25, 0.3) is 5.91 Å². The van der Waals surface area contributed by atoms with Gasteiger partial charge < -0.3 is 16.2 Å². The Morgan fingerprint density at radius 3 is 2.53 bits per heavy atom. The number of phenols is 1. The highest BCUT2D eigenvalue weighted by molar-refractivity contribution is 6.08. The Morgan fingerprint density at radius 2 is 1.84 bits per heavy atom. The molecule has 0 fully saturated rings. The molecule has 0 saturated carbocycles. The zero-order valence-corrected chi connectivity index (χ0v) is 10.9. The lowest BCUT2D eigenvalue weighted by Crippen LogP contribution is -2.14. The molecule has 4 N–H and O–H groups in total. The van der Waals surface area contributed by atoms with Crippen LogP contribution in [0.15, 0.2) is 36.4 Å². The number of benzene rings is 2. The van der Waals surface area contributed by atoms with Gasteiger partial charge in [0.05, 0.1) is 5.56 Å². The summed E-state index contributed by atoms with van der Waals surface area (Å²) in [6, 6.07) is 10.3. The molecular formula is C15H16N2O2. The molecule has 0 aliphatic rings. The van der Waals surface area contributed by atoms with Crippen molar-refractivity contribution >= 4 is 17.3 Å². The first-order valence-corrected chi connectivity index (χ1v) is 5.95. The summed E-state index contributed by atoms with van der Waals surface area (Å²) in [5.41, 5.74) is 8.82. The summed E-state index contributed by atoms with van der Waals surface area (Å²) < 4.78 is 0. The number of carbonyl (C=O) groups excluding carboxylic acids is 1. The number of para-hydroxylation sites is 1. The molecule has 0 spiro atoms. The molecule has 2 aromatic carbocycles. The lowest BCUT2D eigenvalue weighted by atomic mass is 10.1. The molecule has 0 atom stereocenters. The van der Waals surface area contributed by atoms with Crippen LogP contribution in [0.1, 0.15) is 21.5 Å². The Morgan fingerprint density at radius 1 is 1.16 bits per heavy atom. The number of anilines is 2. The molecule has 0 aliphatic heterocycles. The van der Waals surface area contributed by atoms with Crippen LogP contribution in [0.2, 0.25) is 0 Å². The molecule has 0 heterocycles. The topological polar surface area (TPSA) is 75.4 Å². The maximum atomic E-state index is 12.1. The lowest BCUT2D eigenvalue weighted by molar-refractivity contribution is 0.102. The number of hydrogen-bond donors (Lipinski definition) is 3. The summed E-state index contributed by atoms with van der Waals surface area (Å²) in [7, 11) is 0. The van der Waals surface area contributed by atoms with Crippen LogP contribution in [0.25, 0.3) is 0 Å². The number of hydrogen-bond acceptors (Lipinski definition) is 3. The predicted octanol–water partition coefficient (Wildman–Crippen LogP) is 2.84. The molecule has 0 unspecified atom stereocenters. The summed E-state index contributed by atoms with van der Waals surface area (Å²) in [5, 5.41) is 12.4. The Hall–Kier alpha value is -2.49. The SMILES string of the molecule is Cc1cc(NC(=O)c2ccccc2N)c(C)cc1O. The van der Waals surface area contributed by atoms with E-state index in [4.69, 9.17) is 5.73 Å². The minimum atomic E-state index is -0.258. The molecule has 0 aromatic heterocycles. The van der Waals surface area contributed by atoms with Crippen LogP contribution in [0.4, 0.5) is 11.4 Å². The average Bonchev–Trinajstić information content (AvgIpc) is 2.36. The number of carbonyl (C=O) groups is 1. The van der Waals surface area contributed by atoms with Crippen LogP contribution in [0.3, 0.4) is 0 Å². The Bertz CT molecular complexity index is 636. The van der Waals surface area contributed by atoms with E-state index in [0.717, 1.165) is 5.56 Å². The largest absolute Gasteiger partial charge is 0.508 e. The number of rotatable bonds is 2. The van der Waals surface area contributed by atoms with E-state index >= 15 is 0 Å². The van der Waals surface area contributed by atoms with Crippen molar-refractivity contribution in [1.82, 2.24) is 0 Å². The molecule has 0 aliphatic carbocycles. The predicted molar refractivity (Wildman–Crippen MR) is 76.4 cm³/mol. The highest BCUT2D eigenvalue weighted by Crippen LogP contribution is 2.25. The third kappa shape index (κ3) is 2.68. The molecule has 0 saturated heterocycles. The van der Waals surface area contributed by atoms with Crippen LogP contribution in [-0.4, -0.2) is 11.0 Å². The normalized spacial score (nSPS) is 10.2. The van der Waals surface area contributed by atoms with Crippen LogP contribution < -0.4 is 11.1 Å². The van der Waals surface area contributed by atoms with Crippen molar-refractivity contribution in [3.8, 4) is 5.75 Å². The highest BCUT2D eigenvalue weighted by Gasteiger charge is 2.11. The maximum absolute atomic E-state index is 12.1. The number of nitrogen functional groups attached to an aromatic ring is 1. The molecule has 2 aromatic rings. The van der Waals surface area contributed by atoms with E-state index in [1.54, 1.807) is 43.3 Å². The summed E-state index contributed by atoms with van der Waals surface area (Å²) in [6.07, 6.45) is 0. The summed E-state index contributed by atoms with van der Waals surface area (Å²) in [4.78, 5) is 12.1. The maximum Gasteiger partial charge on any atom is 0.257 e. The first-order valence-electron chi connectivity index (χ1n) is 5.95. The van der Waals surface area contributed by atoms with Crippen LogP contribution in [0, 0.1) is 13.8 Å². The third-order valence-electron chi connectivity index (χ3n) is 3.00. The molecule has 19 heavy (non-hydrogen) atoms. The van der Waals surface area contributed by atoms with Gasteiger partial charge in [-0.2, -0.15) is 0 Å². The number of aromatic hydroxyl groups is 1. The van der Waals surface area contributed by atoms with Gasteiger partial charge >= 0.3 is 0 Å². The van der Waals surface area contributed by atoms with E-state index in [-0.39, 0.29) is 11.7 Å². The zero-order valence-electron chi connectivity index (χ0n) is 10.9. The van der Waals surface area contributed by atoms with E-state index in [1.807, 2.05) is 6.92 Å². The van der Waals surface area contributed by atoms with E-state index in [9.17, 15) is 9.90 Å². The van der Waals surface area contributed by atoms with Crippen molar-refractivity contribution < 1.29 is 9.90 Å². The molecule has 1 amide bonds. The van der Waals surface area contributed by atoms with Gasteiger partial charge in [0.15, 0.2) is 0 Å². The highest BCUT2D eigenvalue weighted by atomic mass is 16.3. The van der Waals surface area contributed by atoms with Crippen molar-refractivity contribution in [1.29, 1.82) is 0 Å². The van der Waals surface area contributed by atoms with Gasteiger partial charge in [-0.05, 0) is 49.2 Å². The van der Waals surface area contributed by atoms with E-state index in [0.29, 0.717) is 22.5 Å². The first kappa shape index (κ1) is 13.0. The Balaban J connectivity index is 2.30. The Kier molecular flexibility index (Phi) is 3.42. The van der Waals surface area contributed by atoms with Crippen molar-refractivity contribution in [2.75, 3.05) is 11.1 Å². The van der Waals surface area contributed by atoms with Crippen molar-refractivity contribution in [3.63, 3.8) is 0 Å². The van der Waals surface area contributed by atoms with Gasteiger partial charge in [-0.1, -0.05) is 12.1 Å². The minimum absolute atomic E-state index is 0.217. The fourth-order valence-electron chi connectivity index (χ4n) is 1.83. The first-order chi connectivity index (χ1) is 8.99. The smallest absolute Gasteiger partial charge is 0.257 e. The second kappa shape index (κ2) is 5.02. The fourth-order valence-corrected chi connectivity index (χ4v) is 1.83. The number of amides is 1. The molecule has 0 bridgehead atoms. The van der Waals surface area contributed by atoms with Crippen LogP contribution in [0.5, 0.6) is 5.75 Å². The van der Waals surface area contributed by atoms with Gasteiger partial charge in [-0.3, -0.25) is 4.79 Å². The van der Waals surface area contributed by atoms with Crippen molar-refractivity contribution in [2.24, 2.45) is 0 Å². The number of phenolic OH excluding ortho intramolecular Hbond substituents is 1. The van der Waals surface area contributed by atoms with E-state index in [2.05, 4.69) is 5.32 Å². The summed E-state index contributed by atoms with van der Waals surface area (Å²) in [6.45, 7) is 3.60. The molecule has 98 valence electrons. The summed E-state index contributed by atoms with van der Waals surface area (Å²) in [5.74, 6) is -0.0407. The molecule has 2 rings (SSSR count). The summed E-state index contributed by atoms with van der Waals surface area (Å²) >= 11 is 0. The fraction of sp³-hybridized carbons (Fsp3) is 0.133. The van der Waals surface area contributed by atoms with Gasteiger partial charge in [-0.15, -0.1) is 0 Å². The molecule has 4 heteroatoms. The Labute approximate surface area is 111 Å². The van der Waals surface area contributed by atoms with Gasteiger partial charge in [-0.25, -0.2) is 0 Å². The second-order valence-corrected chi connectivity index (χ2v) is 4.49. The van der Waals surface area contributed by atoms with Crippen molar-refractivity contribution in [3.05, 3.63) is 53.1 Å². The number of aryl methyl sites for hydroxylation is 2. The van der Waals surface area contributed by atoms with Gasteiger partial charge in [0.2, 0.25) is 0 Å². The number of nitrogens with two attached hydrogens (primary N) is 1. The molecular weight excluding hydrogens is 240 g/mol. The van der Waals surface area contributed by atoms with E-state index < -0.39 is 0 Å². The molecule has 4 nitrogen and oxygen atoms in total. The standard InChI is InChI=1S/C15H16N2O2/c1-9-8-14(18)10(2)7-13(9)17-15(19)11-5-3-4-6-12(11)16/h3-8,18H,16H2,1-2H3,(H,17,19). The van der Waals surface area contributed by atoms with Crippen LogP contribution >= 0.6 is 0 Å². The zero-order chi connectivity index (χ0) is 14.0. The van der Waals surface area contributed by atoms with E-state index in [1.165, 1.54) is 0 Å². The van der Waals surface area contributed by atoms with Crippen LogP contribution in [-0.2, 0) is 0 Å². The van der Waals surface area contributed by atoms with Gasteiger partial charge in [0.1, 0.15) is 5.75 Å².